The van der Waals surface area contributed by atoms with E-state index in [0.717, 1.165) is 12.0 Å². The molecule has 0 aliphatic heterocycles. The number of amides is 2. The molecule has 1 atom stereocenters. The predicted octanol–water partition coefficient (Wildman–Crippen LogP) is 3.48. The molecule has 2 N–H and O–H groups in total. The fourth-order valence-corrected chi connectivity index (χ4v) is 3.51. The highest BCUT2D eigenvalue weighted by Crippen LogP contribution is 2.20. The minimum absolute atomic E-state index is 0.110. The number of anilines is 1. The summed E-state index contributed by atoms with van der Waals surface area (Å²) in [7, 11) is 1.71. The van der Waals surface area contributed by atoms with Gasteiger partial charge in [-0.25, -0.2) is 4.68 Å². The Balaban J connectivity index is 1.55. The number of tetrazole rings is 1. The van der Waals surface area contributed by atoms with Gasteiger partial charge in [-0.3, -0.25) is 9.59 Å². The van der Waals surface area contributed by atoms with Gasteiger partial charge in [-0.15, -0.1) is 5.10 Å². The van der Waals surface area contributed by atoms with Gasteiger partial charge in [0.25, 0.3) is 5.91 Å². The maximum Gasteiger partial charge on any atom is 0.251 e. The second-order valence-electron chi connectivity index (χ2n) is 6.49. The summed E-state index contributed by atoms with van der Waals surface area (Å²) in [5, 5.41) is 18.1. The largest absolute Gasteiger partial charge is 0.345 e. The van der Waals surface area contributed by atoms with Crippen molar-refractivity contribution in [2.75, 3.05) is 11.1 Å². The Hall–Kier alpha value is -2.91. The van der Waals surface area contributed by atoms with Crippen molar-refractivity contribution in [2.24, 2.45) is 7.05 Å². The van der Waals surface area contributed by atoms with E-state index >= 15 is 0 Å². The van der Waals surface area contributed by atoms with E-state index in [1.54, 1.807) is 31.3 Å². The zero-order valence-electron chi connectivity index (χ0n) is 16.5. The second-order valence-corrected chi connectivity index (χ2v) is 7.86. The number of aryl methyl sites for hydroxylation is 1. The summed E-state index contributed by atoms with van der Waals surface area (Å²) in [6, 6.07) is 14.1. The van der Waals surface area contributed by atoms with Crippen LogP contribution >= 0.6 is 23.4 Å². The van der Waals surface area contributed by atoms with Gasteiger partial charge in [0, 0.05) is 23.3 Å². The van der Waals surface area contributed by atoms with Crippen molar-refractivity contribution in [3.05, 3.63) is 64.7 Å². The van der Waals surface area contributed by atoms with E-state index in [2.05, 4.69) is 26.2 Å². The van der Waals surface area contributed by atoms with Crippen molar-refractivity contribution in [1.29, 1.82) is 0 Å². The molecule has 1 aromatic heterocycles. The van der Waals surface area contributed by atoms with Crippen LogP contribution in [0.4, 0.5) is 5.69 Å². The molecule has 30 heavy (non-hydrogen) atoms. The number of carbonyl (C=O) groups is 2. The van der Waals surface area contributed by atoms with Crippen LogP contribution in [-0.2, 0) is 11.8 Å². The van der Waals surface area contributed by atoms with E-state index in [4.69, 9.17) is 11.6 Å². The van der Waals surface area contributed by atoms with Crippen LogP contribution in [-0.4, -0.2) is 37.8 Å². The first-order valence-electron chi connectivity index (χ1n) is 9.27. The van der Waals surface area contributed by atoms with E-state index in [-0.39, 0.29) is 23.6 Å². The number of nitrogens with zero attached hydrogens (tertiary/aromatic N) is 4. The topological polar surface area (TPSA) is 102 Å². The lowest BCUT2D eigenvalue weighted by Crippen LogP contribution is -2.28. The Morgan fingerprint density at radius 2 is 1.83 bits per heavy atom. The molecular weight excluding hydrogens is 424 g/mol. The fourth-order valence-electron chi connectivity index (χ4n) is 2.73. The van der Waals surface area contributed by atoms with Crippen LogP contribution in [0.15, 0.2) is 53.7 Å². The summed E-state index contributed by atoms with van der Waals surface area (Å²) in [6.07, 6.45) is 0.750. The van der Waals surface area contributed by atoms with Crippen molar-refractivity contribution in [3.8, 4) is 0 Å². The molecule has 10 heteroatoms. The third-order valence-electron chi connectivity index (χ3n) is 4.33. The first-order chi connectivity index (χ1) is 14.5. The number of hydrogen-bond donors (Lipinski definition) is 2. The number of rotatable bonds is 8. The van der Waals surface area contributed by atoms with Crippen molar-refractivity contribution >= 4 is 40.9 Å². The summed E-state index contributed by atoms with van der Waals surface area (Å²) in [6.45, 7) is 2.01. The summed E-state index contributed by atoms with van der Waals surface area (Å²) in [5.74, 6) is -0.190. The number of hydrogen-bond acceptors (Lipinski definition) is 6. The number of thioether (sulfide) groups is 1. The Morgan fingerprint density at radius 3 is 2.43 bits per heavy atom. The van der Waals surface area contributed by atoms with Crippen LogP contribution in [0.3, 0.4) is 0 Å². The molecule has 0 bridgehead atoms. The van der Waals surface area contributed by atoms with Crippen molar-refractivity contribution in [3.63, 3.8) is 0 Å². The molecule has 2 amide bonds. The standard InChI is InChI=1S/C20H21ClN6O2S/c1-3-17(13-4-8-15(21)9-5-13)23-19(29)14-6-10-16(11-7-14)22-18(28)12-30-20-24-25-26-27(20)2/h4-11,17H,3,12H2,1-2H3,(H,22,28)(H,23,29). The van der Waals surface area contributed by atoms with Crippen molar-refractivity contribution in [1.82, 2.24) is 25.5 Å². The highest BCUT2D eigenvalue weighted by Gasteiger charge is 2.14. The van der Waals surface area contributed by atoms with Crippen LogP contribution in [0, 0.1) is 0 Å². The van der Waals surface area contributed by atoms with Gasteiger partial charge in [-0.1, -0.05) is 42.4 Å². The Morgan fingerprint density at radius 1 is 1.13 bits per heavy atom. The quantitative estimate of drug-likeness (QED) is 0.516. The zero-order chi connectivity index (χ0) is 21.5. The molecule has 0 fully saturated rings. The van der Waals surface area contributed by atoms with Gasteiger partial charge in [0.1, 0.15) is 0 Å². The number of carbonyl (C=O) groups excluding carboxylic acids is 2. The third-order valence-corrected chi connectivity index (χ3v) is 5.59. The molecule has 0 saturated carbocycles. The van der Waals surface area contributed by atoms with Crippen LogP contribution in [0.2, 0.25) is 5.02 Å². The van der Waals surface area contributed by atoms with E-state index in [9.17, 15) is 9.59 Å². The molecule has 0 aliphatic carbocycles. The molecule has 3 aromatic rings. The smallest absolute Gasteiger partial charge is 0.251 e. The molecule has 3 rings (SSSR count). The normalized spacial score (nSPS) is 11.7. The summed E-state index contributed by atoms with van der Waals surface area (Å²) in [4.78, 5) is 24.7. The third kappa shape index (κ3) is 5.80. The molecule has 0 radical (unpaired) electrons. The molecule has 1 heterocycles. The molecular formula is C20H21ClN6O2S. The van der Waals surface area contributed by atoms with Crippen LogP contribution in [0.5, 0.6) is 0 Å². The van der Waals surface area contributed by atoms with E-state index in [1.165, 1.54) is 16.4 Å². The van der Waals surface area contributed by atoms with E-state index in [0.29, 0.717) is 21.4 Å². The SMILES string of the molecule is CCC(NC(=O)c1ccc(NC(=O)CSc2nnnn2C)cc1)c1ccc(Cl)cc1. The van der Waals surface area contributed by atoms with Crippen molar-refractivity contribution < 1.29 is 9.59 Å². The van der Waals surface area contributed by atoms with Gasteiger partial charge in [-0.05, 0) is 58.8 Å². The molecule has 8 nitrogen and oxygen atoms in total. The van der Waals surface area contributed by atoms with Gasteiger partial charge in [0.2, 0.25) is 11.1 Å². The molecule has 0 saturated heterocycles. The van der Waals surface area contributed by atoms with Gasteiger partial charge in [-0.2, -0.15) is 0 Å². The minimum Gasteiger partial charge on any atom is -0.345 e. The zero-order valence-corrected chi connectivity index (χ0v) is 18.1. The van der Waals surface area contributed by atoms with Gasteiger partial charge in [0.05, 0.1) is 11.8 Å². The lowest BCUT2D eigenvalue weighted by molar-refractivity contribution is -0.113. The fraction of sp³-hybridized carbons (Fsp3) is 0.250. The molecule has 2 aromatic carbocycles. The lowest BCUT2D eigenvalue weighted by Gasteiger charge is -2.18. The maximum atomic E-state index is 12.6. The highest BCUT2D eigenvalue weighted by atomic mass is 35.5. The minimum atomic E-state index is -0.186. The summed E-state index contributed by atoms with van der Waals surface area (Å²) >= 11 is 7.18. The van der Waals surface area contributed by atoms with E-state index < -0.39 is 0 Å². The average molecular weight is 445 g/mol. The number of nitrogens with one attached hydrogen (secondary N) is 2. The van der Waals surface area contributed by atoms with Crippen LogP contribution in [0.25, 0.3) is 0 Å². The van der Waals surface area contributed by atoms with Crippen LogP contribution < -0.4 is 10.6 Å². The maximum absolute atomic E-state index is 12.6. The van der Waals surface area contributed by atoms with Gasteiger partial charge < -0.3 is 10.6 Å². The number of aromatic nitrogens is 4. The van der Waals surface area contributed by atoms with Gasteiger partial charge in [0.15, 0.2) is 0 Å². The highest BCUT2D eigenvalue weighted by molar-refractivity contribution is 7.99. The summed E-state index contributed by atoms with van der Waals surface area (Å²) in [5.41, 5.74) is 2.12. The Bertz CT molecular complexity index is 1010. The lowest BCUT2D eigenvalue weighted by atomic mass is 10.0. The first kappa shape index (κ1) is 21.8. The summed E-state index contributed by atoms with van der Waals surface area (Å²) < 4.78 is 1.50. The monoisotopic (exact) mass is 444 g/mol. The average Bonchev–Trinajstić information content (AvgIpc) is 3.16. The molecule has 0 spiro atoms. The predicted molar refractivity (Wildman–Crippen MR) is 117 cm³/mol. The van der Waals surface area contributed by atoms with E-state index in [1.807, 2.05) is 31.2 Å². The Kier molecular flexibility index (Phi) is 7.42. The molecule has 1 unspecified atom stereocenters. The van der Waals surface area contributed by atoms with Gasteiger partial charge >= 0.3 is 0 Å². The molecule has 156 valence electrons. The van der Waals surface area contributed by atoms with Crippen molar-refractivity contribution in [2.45, 2.75) is 24.5 Å². The molecule has 0 aliphatic rings. The first-order valence-corrected chi connectivity index (χ1v) is 10.6. The second kappa shape index (κ2) is 10.2. The number of halogens is 1. The Labute approximate surface area is 183 Å². The van der Waals surface area contributed by atoms with Crippen LogP contribution in [0.1, 0.15) is 35.3 Å². The number of benzene rings is 2.